The number of thiophene rings is 1. The van der Waals surface area contributed by atoms with Gasteiger partial charge in [0.05, 0.1) is 4.34 Å². The third-order valence-corrected chi connectivity index (χ3v) is 4.66. The van der Waals surface area contributed by atoms with Crippen LogP contribution in [0.2, 0.25) is 4.34 Å². The fourth-order valence-electron chi connectivity index (χ4n) is 1.72. The summed E-state index contributed by atoms with van der Waals surface area (Å²) in [6.45, 7) is 5.21. The summed E-state index contributed by atoms with van der Waals surface area (Å²) < 4.78 is 1.94. The molecule has 0 amide bonds. The number of benzene rings is 1. The molecule has 2 rings (SSSR count). The Bertz CT molecular complexity index is 519. The van der Waals surface area contributed by atoms with E-state index in [9.17, 15) is 0 Å². The zero-order chi connectivity index (χ0) is 13.2. The highest BCUT2D eigenvalue weighted by atomic mass is 79.9. The molecular formula is C14H15BrClNS. The van der Waals surface area contributed by atoms with E-state index in [4.69, 9.17) is 11.6 Å². The molecular weight excluding hydrogens is 330 g/mol. The fraction of sp³-hybridized carbons (Fsp3) is 0.286. The molecule has 1 aromatic carbocycles. The van der Waals surface area contributed by atoms with E-state index in [0.717, 1.165) is 15.4 Å². The van der Waals surface area contributed by atoms with Gasteiger partial charge >= 0.3 is 0 Å². The predicted octanol–water partition coefficient (Wildman–Crippen LogP) is 5.19. The van der Waals surface area contributed by atoms with Gasteiger partial charge in [-0.3, -0.25) is 0 Å². The second-order valence-electron chi connectivity index (χ2n) is 4.69. The van der Waals surface area contributed by atoms with Crippen molar-refractivity contribution in [3.63, 3.8) is 0 Å². The van der Waals surface area contributed by atoms with Crippen LogP contribution in [-0.2, 0) is 12.1 Å². The standard InChI is InChI=1S/C14H15BrClNS/c1-14(2,10-3-5-11(15)6-4-10)17-9-12-7-8-13(16)18-12/h3-8,17H,9H2,1-2H3. The Morgan fingerprint density at radius 1 is 1.17 bits per heavy atom. The summed E-state index contributed by atoms with van der Waals surface area (Å²) in [4.78, 5) is 1.25. The topological polar surface area (TPSA) is 12.0 Å². The Kier molecular flexibility index (Phi) is 4.49. The molecule has 0 bridgehead atoms. The van der Waals surface area contributed by atoms with E-state index < -0.39 is 0 Å². The van der Waals surface area contributed by atoms with Crippen molar-refractivity contribution in [2.75, 3.05) is 0 Å². The lowest BCUT2D eigenvalue weighted by molar-refractivity contribution is 0.403. The molecule has 0 fully saturated rings. The van der Waals surface area contributed by atoms with Crippen molar-refractivity contribution < 1.29 is 0 Å². The largest absolute Gasteiger partial charge is 0.303 e. The number of hydrogen-bond donors (Lipinski definition) is 1. The molecule has 0 spiro atoms. The van der Waals surface area contributed by atoms with Crippen molar-refractivity contribution in [1.82, 2.24) is 5.32 Å². The zero-order valence-electron chi connectivity index (χ0n) is 10.3. The fourth-order valence-corrected chi connectivity index (χ4v) is 3.02. The predicted molar refractivity (Wildman–Crippen MR) is 83.3 cm³/mol. The minimum absolute atomic E-state index is 0.0584. The Morgan fingerprint density at radius 3 is 2.39 bits per heavy atom. The summed E-state index contributed by atoms with van der Waals surface area (Å²) in [5, 5.41) is 3.56. The van der Waals surface area contributed by atoms with Crippen LogP contribution in [0.3, 0.4) is 0 Å². The highest BCUT2D eigenvalue weighted by Crippen LogP contribution is 2.25. The third-order valence-electron chi connectivity index (χ3n) is 2.90. The molecule has 0 saturated heterocycles. The van der Waals surface area contributed by atoms with Gasteiger partial charge in [0.25, 0.3) is 0 Å². The smallest absolute Gasteiger partial charge is 0.0931 e. The van der Waals surface area contributed by atoms with Gasteiger partial charge in [-0.2, -0.15) is 0 Å². The molecule has 18 heavy (non-hydrogen) atoms. The monoisotopic (exact) mass is 343 g/mol. The number of hydrogen-bond acceptors (Lipinski definition) is 2. The molecule has 0 saturated carbocycles. The lowest BCUT2D eigenvalue weighted by Gasteiger charge is -2.27. The van der Waals surface area contributed by atoms with Gasteiger partial charge in [0.2, 0.25) is 0 Å². The first-order chi connectivity index (χ1) is 8.47. The minimum atomic E-state index is -0.0584. The molecule has 1 N–H and O–H groups in total. The average molecular weight is 345 g/mol. The summed E-state index contributed by atoms with van der Waals surface area (Å²) in [7, 11) is 0. The van der Waals surface area contributed by atoms with Crippen molar-refractivity contribution in [3.05, 3.63) is 55.6 Å². The molecule has 0 aliphatic carbocycles. The highest BCUT2D eigenvalue weighted by Gasteiger charge is 2.19. The molecule has 96 valence electrons. The van der Waals surface area contributed by atoms with Gasteiger partial charge in [0.1, 0.15) is 0 Å². The quantitative estimate of drug-likeness (QED) is 0.805. The number of halogens is 2. The van der Waals surface area contributed by atoms with Crippen molar-refractivity contribution in [1.29, 1.82) is 0 Å². The molecule has 0 atom stereocenters. The second kappa shape index (κ2) is 5.74. The molecule has 1 heterocycles. The van der Waals surface area contributed by atoms with E-state index in [2.05, 4.69) is 65.4 Å². The maximum atomic E-state index is 5.93. The van der Waals surface area contributed by atoms with Crippen LogP contribution >= 0.6 is 38.9 Å². The van der Waals surface area contributed by atoms with Crippen LogP contribution in [-0.4, -0.2) is 0 Å². The first kappa shape index (κ1) is 14.1. The second-order valence-corrected chi connectivity index (χ2v) is 7.41. The molecule has 2 aromatic rings. The van der Waals surface area contributed by atoms with Crippen LogP contribution in [0, 0.1) is 0 Å². The molecule has 0 radical (unpaired) electrons. The Hall–Kier alpha value is -0.350. The summed E-state index contributed by atoms with van der Waals surface area (Å²) in [6.07, 6.45) is 0. The van der Waals surface area contributed by atoms with Gasteiger partial charge in [-0.05, 0) is 43.7 Å². The van der Waals surface area contributed by atoms with E-state index in [1.165, 1.54) is 10.4 Å². The van der Waals surface area contributed by atoms with E-state index >= 15 is 0 Å². The van der Waals surface area contributed by atoms with Crippen molar-refractivity contribution in [2.45, 2.75) is 25.9 Å². The highest BCUT2D eigenvalue weighted by molar-refractivity contribution is 9.10. The molecule has 0 aliphatic rings. The third kappa shape index (κ3) is 3.58. The maximum absolute atomic E-state index is 5.93. The first-order valence-electron chi connectivity index (χ1n) is 5.73. The van der Waals surface area contributed by atoms with Crippen LogP contribution in [0.5, 0.6) is 0 Å². The van der Waals surface area contributed by atoms with Crippen molar-refractivity contribution >= 4 is 38.9 Å². The lowest BCUT2D eigenvalue weighted by atomic mass is 9.94. The van der Waals surface area contributed by atoms with Gasteiger partial charge in [-0.15, -0.1) is 11.3 Å². The maximum Gasteiger partial charge on any atom is 0.0931 e. The molecule has 1 aromatic heterocycles. The minimum Gasteiger partial charge on any atom is -0.303 e. The van der Waals surface area contributed by atoms with Gasteiger partial charge in [0, 0.05) is 21.4 Å². The van der Waals surface area contributed by atoms with E-state index in [1.54, 1.807) is 11.3 Å². The van der Waals surface area contributed by atoms with Crippen molar-refractivity contribution in [3.8, 4) is 0 Å². The van der Waals surface area contributed by atoms with Crippen molar-refractivity contribution in [2.24, 2.45) is 0 Å². The average Bonchev–Trinajstić information content (AvgIpc) is 2.73. The van der Waals surface area contributed by atoms with Crippen LogP contribution in [0.25, 0.3) is 0 Å². The summed E-state index contributed by atoms with van der Waals surface area (Å²) in [6, 6.07) is 12.4. The lowest BCUT2D eigenvalue weighted by Crippen LogP contribution is -2.35. The van der Waals surface area contributed by atoms with E-state index in [1.807, 2.05) is 6.07 Å². The number of nitrogens with one attached hydrogen (secondary N) is 1. The van der Waals surface area contributed by atoms with Gasteiger partial charge in [-0.25, -0.2) is 0 Å². The van der Waals surface area contributed by atoms with E-state index in [0.29, 0.717) is 0 Å². The van der Waals surface area contributed by atoms with Crippen LogP contribution in [0.1, 0.15) is 24.3 Å². The molecule has 1 nitrogen and oxygen atoms in total. The van der Waals surface area contributed by atoms with Crippen LogP contribution in [0.4, 0.5) is 0 Å². The molecule has 4 heteroatoms. The van der Waals surface area contributed by atoms with Gasteiger partial charge < -0.3 is 5.32 Å². The summed E-state index contributed by atoms with van der Waals surface area (Å²) in [5.41, 5.74) is 1.21. The molecule has 0 unspecified atom stereocenters. The van der Waals surface area contributed by atoms with Gasteiger partial charge in [0.15, 0.2) is 0 Å². The first-order valence-corrected chi connectivity index (χ1v) is 7.71. The Labute approximate surface area is 125 Å². The van der Waals surface area contributed by atoms with Crippen LogP contribution in [0.15, 0.2) is 40.9 Å². The van der Waals surface area contributed by atoms with E-state index in [-0.39, 0.29) is 5.54 Å². The summed E-state index contributed by atoms with van der Waals surface area (Å²) in [5.74, 6) is 0. The Morgan fingerprint density at radius 2 is 1.83 bits per heavy atom. The molecule has 0 aliphatic heterocycles. The SMILES string of the molecule is CC(C)(NCc1ccc(Cl)s1)c1ccc(Br)cc1. The normalized spacial score (nSPS) is 11.8. The zero-order valence-corrected chi connectivity index (χ0v) is 13.5. The number of rotatable bonds is 4. The Balaban J connectivity index is 2.04. The van der Waals surface area contributed by atoms with Gasteiger partial charge in [-0.1, -0.05) is 39.7 Å². The van der Waals surface area contributed by atoms with Crippen LogP contribution < -0.4 is 5.32 Å². The summed E-state index contributed by atoms with van der Waals surface area (Å²) >= 11 is 11.0.